The predicted octanol–water partition coefficient (Wildman–Crippen LogP) is 2.89. The molecule has 0 bridgehead atoms. The SMILES string of the molecule is CCOc1ccccc1C(=O)N=c1sc2cc(S(C)(=O)=O)ccc2n1CCOC. The highest BCUT2D eigenvalue weighted by Crippen LogP contribution is 2.23. The Kier molecular flexibility index (Phi) is 6.51. The zero-order valence-electron chi connectivity index (χ0n) is 16.4. The number of hydrogen-bond donors (Lipinski definition) is 0. The molecule has 0 fully saturated rings. The molecule has 0 aliphatic carbocycles. The van der Waals surface area contributed by atoms with Gasteiger partial charge < -0.3 is 14.0 Å². The second-order valence-electron chi connectivity index (χ2n) is 6.28. The molecular formula is C20H22N2O5S2. The normalized spacial score (nSPS) is 12.4. The maximum atomic E-state index is 12.9. The molecule has 154 valence electrons. The number of amides is 1. The lowest BCUT2D eigenvalue weighted by molar-refractivity contribution is 0.0993. The van der Waals surface area contributed by atoms with Crippen molar-refractivity contribution >= 4 is 37.3 Å². The third-order valence-electron chi connectivity index (χ3n) is 4.22. The van der Waals surface area contributed by atoms with Gasteiger partial charge in [-0.1, -0.05) is 23.5 Å². The van der Waals surface area contributed by atoms with Gasteiger partial charge in [-0.25, -0.2) is 8.42 Å². The molecule has 1 aromatic heterocycles. The fourth-order valence-corrected chi connectivity index (χ4v) is 4.66. The van der Waals surface area contributed by atoms with Crippen molar-refractivity contribution in [2.24, 2.45) is 4.99 Å². The molecule has 7 nitrogen and oxygen atoms in total. The van der Waals surface area contributed by atoms with Crippen LogP contribution in [-0.4, -0.2) is 45.5 Å². The lowest BCUT2D eigenvalue weighted by atomic mass is 10.2. The van der Waals surface area contributed by atoms with Gasteiger partial charge in [-0.2, -0.15) is 4.99 Å². The first-order valence-electron chi connectivity index (χ1n) is 8.98. The monoisotopic (exact) mass is 434 g/mol. The van der Waals surface area contributed by atoms with Crippen LogP contribution in [0.1, 0.15) is 17.3 Å². The van der Waals surface area contributed by atoms with E-state index in [4.69, 9.17) is 9.47 Å². The van der Waals surface area contributed by atoms with Gasteiger partial charge in [0.05, 0.1) is 33.9 Å². The molecule has 0 unspecified atom stereocenters. The summed E-state index contributed by atoms with van der Waals surface area (Å²) in [6.07, 6.45) is 1.17. The number of ether oxygens (including phenoxy) is 2. The van der Waals surface area contributed by atoms with Crippen LogP contribution < -0.4 is 9.54 Å². The van der Waals surface area contributed by atoms with E-state index < -0.39 is 15.7 Å². The van der Waals surface area contributed by atoms with Crippen LogP contribution >= 0.6 is 11.3 Å². The van der Waals surface area contributed by atoms with E-state index in [-0.39, 0.29) is 4.90 Å². The topological polar surface area (TPSA) is 87.0 Å². The molecule has 3 aromatic rings. The lowest BCUT2D eigenvalue weighted by Crippen LogP contribution is -2.19. The first-order valence-corrected chi connectivity index (χ1v) is 11.7. The highest BCUT2D eigenvalue weighted by molar-refractivity contribution is 7.90. The Bertz CT molecular complexity index is 1210. The molecule has 0 spiro atoms. The summed E-state index contributed by atoms with van der Waals surface area (Å²) in [7, 11) is -1.74. The van der Waals surface area contributed by atoms with Gasteiger partial charge in [0, 0.05) is 19.9 Å². The standard InChI is InChI=1S/C20H22N2O5S2/c1-4-27-17-8-6-5-7-15(17)19(23)21-20-22(11-12-26-2)16-10-9-14(29(3,24)25)13-18(16)28-20/h5-10,13H,4,11-12H2,1-3H3. The van der Waals surface area contributed by atoms with Gasteiger partial charge >= 0.3 is 0 Å². The van der Waals surface area contributed by atoms with Crippen molar-refractivity contribution in [3.63, 3.8) is 0 Å². The zero-order valence-corrected chi connectivity index (χ0v) is 18.0. The van der Waals surface area contributed by atoms with Gasteiger partial charge in [0.1, 0.15) is 5.75 Å². The number of carbonyl (C=O) groups is 1. The number of nitrogens with zero attached hydrogens (tertiary/aromatic N) is 2. The molecule has 0 N–H and O–H groups in total. The Morgan fingerprint density at radius 2 is 1.97 bits per heavy atom. The Morgan fingerprint density at radius 1 is 1.21 bits per heavy atom. The molecule has 0 aliphatic rings. The lowest BCUT2D eigenvalue weighted by Gasteiger charge is -2.07. The first-order chi connectivity index (χ1) is 13.8. The number of methoxy groups -OCH3 is 1. The van der Waals surface area contributed by atoms with Crippen LogP contribution in [0.15, 0.2) is 52.4 Å². The average Bonchev–Trinajstić information content (AvgIpc) is 3.02. The maximum absolute atomic E-state index is 12.9. The fourth-order valence-electron chi connectivity index (χ4n) is 2.84. The van der Waals surface area contributed by atoms with E-state index in [1.807, 2.05) is 11.5 Å². The minimum Gasteiger partial charge on any atom is -0.493 e. The molecule has 3 rings (SSSR count). The summed E-state index contributed by atoms with van der Waals surface area (Å²) in [4.78, 5) is 17.9. The Morgan fingerprint density at radius 3 is 2.66 bits per heavy atom. The summed E-state index contributed by atoms with van der Waals surface area (Å²) >= 11 is 1.26. The van der Waals surface area contributed by atoms with Crippen LogP contribution in [0, 0.1) is 0 Å². The van der Waals surface area contributed by atoms with Crippen LogP contribution in [0.5, 0.6) is 5.75 Å². The molecule has 9 heteroatoms. The largest absolute Gasteiger partial charge is 0.493 e. The minimum absolute atomic E-state index is 0.227. The van der Waals surface area contributed by atoms with E-state index >= 15 is 0 Å². The second kappa shape index (κ2) is 8.89. The molecular weight excluding hydrogens is 412 g/mol. The molecule has 0 aliphatic heterocycles. The van der Waals surface area contributed by atoms with Gasteiger partial charge in [-0.05, 0) is 37.3 Å². The third-order valence-corrected chi connectivity index (χ3v) is 6.37. The molecule has 0 atom stereocenters. The highest BCUT2D eigenvalue weighted by atomic mass is 32.2. The summed E-state index contributed by atoms with van der Waals surface area (Å²) < 4.78 is 37.1. The number of para-hydroxylation sites is 1. The van der Waals surface area contributed by atoms with Crippen molar-refractivity contribution in [2.75, 3.05) is 26.6 Å². The van der Waals surface area contributed by atoms with Gasteiger partial charge in [0.2, 0.25) is 0 Å². The van der Waals surface area contributed by atoms with Crippen LogP contribution in [0.3, 0.4) is 0 Å². The molecule has 0 saturated heterocycles. The summed E-state index contributed by atoms with van der Waals surface area (Å²) in [6, 6.07) is 11.9. The number of thiazole rings is 1. The van der Waals surface area contributed by atoms with Gasteiger partial charge in [-0.3, -0.25) is 4.79 Å². The van der Waals surface area contributed by atoms with Gasteiger partial charge in [0.15, 0.2) is 14.6 Å². The fraction of sp³-hybridized carbons (Fsp3) is 0.300. The average molecular weight is 435 g/mol. The summed E-state index contributed by atoms with van der Waals surface area (Å²) in [5, 5.41) is 0. The highest BCUT2D eigenvalue weighted by Gasteiger charge is 2.15. The maximum Gasteiger partial charge on any atom is 0.283 e. The van der Waals surface area contributed by atoms with Crippen LogP contribution in [0.25, 0.3) is 10.2 Å². The number of hydrogen-bond acceptors (Lipinski definition) is 6. The minimum atomic E-state index is -3.33. The van der Waals surface area contributed by atoms with Crippen LogP contribution in [-0.2, 0) is 21.1 Å². The summed E-state index contributed by atoms with van der Waals surface area (Å²) in [5.41, 5.74) is 1.17. The van der Waals surface area contributed by atoms with Crippen LogP contribution in [0.4, 0.5) is 0 Å². The second-order valence-corrected chi connectivity index (χ2v) is 9.30. The van der Waals surface area contributed by atoms with Crippen molar-refractivity contribution in [1.29, 1.82) is 0 Å². The van der Waals surface area contributed by atoms with Gasteiger partial charge in [-0.15, -0.1) is 0 Å². The number of aromatic nitrogens is 1. The van der Waals surface area contributed by atoms with E-state index in [9.17, 15) is 13.2 Å². The first kappa shape index (κ1) is 21.2. The number of carbonyl (C=O) groups excluding carboxylic acids is 1. The zero-order chi connectivity index (χ0) is 21.0. The van der Waals surface area contributed by atoms with Crippen molar-refractivity contribution in [2.45, 2.75) is 18.4 Å². The molecule has 0 radical (unpaired) electrons. The van der Waals surface area contributed by atoms with Gasteiger partial charge in [0.25, 0.3) is 5.91 Å². The number of sulfone groups is 1. The molecule has 1 heterocycles. The smallest absolute Gasteiger partial charge is 0.283 e. The molecule has 0 saturated carbocycles. The van der Waals surface area contributed by atoms with E-state index in [1.165, 1.54) is 17.6 Å². The van der Waals surface area contributed by atoms with E-state index in [1.54, 1.807) is 49.6 Å². The third kappa shape index (κ3) is 4.75. The van der Waals surface area contributed by atoms with Crippen molar-refractivity contribution < 1.29 is 22.7 Å². The van der Waals surface area contributed by atoms with E-state index in [0.717, 1.165) is 10.2 Å². The molecule has 2 aromatic carbocycles. The van der Waals surface area contributed by atoms with E-state index in [2.05, 4.69) is 4.99 Å². The predicted molar refractivity (Wildman–Crippen MR) is 112 cm³/mol. The number of benzene rings is 2. The quantitative estimate of drug-likeness (QED) is 0.571. The van der Waals surface area contributed by atoms with Crippen molar-refractivity contribution in [3.8, 4) is 5.75 Å². The van der Waals surface area contributed by atoms with Crippen molar-refractivity contribution in [1.82, 2.24) is 4.57 Å². The summed E-state index contributed by atoms with van der Waals surface area (Å²) in [5.74, 6) is 0.0581. The molecule has 29 heavy (non-hydrogen) atoms. The Balaban J connectivity index is 2.15. The Labute approximate surface area is 173 Å². The van der Waals surface area contributed by atoms with Crippen molar-refractivity contribution in [3.05, 3.63) is 52.8 Å². The number of rotatable bonds is 7. The molecule has 1 amide bonds. The van der Waals surface area contributed by atoms with Crippen LogP contribution in [0.2, 0.25) is 0 Å². The Hall–Kier alpha value is -2.49. The number of fused-ring (bicyclic) bond motifs is 1. The summed E-state index contributed by atoms with van der Waals surface area (Å²) in [6.45, 7) is 3.20. The van der Waals surface area contributed by atoms with E-state index in [0.29, 0.717) is 35.9 Å².